The maximum atomic E-state index is 12.5. The molecule has 1 aliphatic heterocycles. The van der Waals surface area contributed by atoms with Gasteiger partial charge in [0.15, 0.2) is 0 Å². The van der Waals surface area contributed by atoms with Crippen molar-refractivity contribution in [2.24, 2.45) is 5.92 Å². The largest absolute Gasteiger partial charge is 0.326 e. The molecular formula is C19H18BrN3O3. The average Bonchev–Trinajstić information content (AvgIpc) is 2.97. The SMILES string of the molecule is CC(=O)Nc1ccc(N2CC(C(=O)Nc3cccc(Br)c3)CC2=O)cc1. The molecule has 0 aromatic heterocycles. The molecule has 0 bridgehead atoms. The molecule has 1 unspecified atom stereocenters. The van der Waals surface area contributed by atoms with Gasteiger partial charge in [0.25, 0.3) is 0 Å². The first-order valence-electron chi connectivity index (χ1n) is 8.17. The van der Waals surface area contributed by atoms with Crippen LogP contribution in [0.5, 0.6) is 0 Å². The van der Waals surface area contributed by atoms with Gasteiger partial charge in [0.05, 0.1) is 5.92 Å². The van der Waals surface area contributed by atoms with E-state index in [1.54, 1.807) is 35.2 Å². The fourth-order valence-corrected chi connectivity index (χ4v) is 3.27. The van der Waals surface area contributed by atoms with E-state index in [2.05, 4.69) is 26.6 Å². The molecule has 7 heteroatoms. The first-order chi connectivity index (χ1) is 12.4. The third-order valence-electron chi connectivity index (χ3n) is 4.09. The second kappa shape index (κ2) is 7.70. The molecule has 134 valence electrons. The summed E-state index contributed by atoms with van der Waals surface area (Å²) in [7, 11) is 0. The van der Waals surface area contributed by atoms with Crippen LogP contribution in [0.2, 0.25) is 0 Å². The minimum Gasteiger partial charge on any atom is -0.326 e. The van der Waals surface area contributed by atoms with Crippen molar-refractivity contribution in [1.29, 1.82) is 0 Å². The fraction of sp³-hybridized carbons (Fsp3) is 0.211. The quantitative estimate of drug-likeness (QED) is 0.802. The van der Waals surface area contributed by atoms with E-state index in [0.29, 0.717) is 23.6 Å². The molecular weight excluding hydrogens is 398 g/mol. The third-order valence-corrected chi connectivity index (χ3v) is 4.58. The Kier molecular flexibility index (Phi) is 5.37. The Labute approximate surface area is 159 Å². The summed E-state index contributed by atoms with van der Waals surface area (Å²) >= 11 is 3.37. The molecule has 2 aromatic rings. The van der Waals surface area contributed by atoms with E-state index in [0.717, 1.165) is 4.47 Å². The number of nitrogens with zero attached hydrogens (tertiary/aromatic N) is 1. The Bertz CT molecular complexity index is 851. The van der Waals surface area contributed by atoms with Crippen molar-refractivity contribution in [1.82, 2.24) is 0 Å². The van der Waals surface area contributed by atoms with Gasteiger partial charge in [-0.1, -0.05) is 22.0 Å². The Morgan fingerprint density at radius 1 is 1.08 bits per heavy atom. The van der Waals surface area contributed by atoms with E-state index in [4.69, 9.17) is 0 Å². The number of hydrogen-bond donors (Lipinski definition) is 2. The van der Waals surface area contributed by atoms with Gasteiger partial charge in [-0.2, -0.15) is 0 Å². The van der Waals surface area contributed by atoms with Crippen LogP contribution in [0.3, 0.4) is 0 Å². The lowest BCUT2D eigenvalue weighted by Crippen LogP contribution is -2.28. The van der Waals surface area contributed by atoms with Crippen LogP contribution in [0, 0.1) is 5.92 Å². The number of amides is 3. The van der Waals surface area contributed by atoms with Crippen LogP contribution in [0.4, 0.5) is 17.1 Å². The van der Waals surface area contributed by atoms with Crippen LogP contribution in [-0.2, 0) is 14.4 Å². The van der Waals surface area contributed by atoms with Crippen LogP contribution < -0.4 is 15.5 Å². The van der Waals surface area contributed by atoms with Gasteiger partial charge >= 0.3 is 0 Å². The maximum Gasteiger partial charge on any atom is 0.229 e. The number of halogens is 1. The zero-order chi connectivity index (χ0) is 18.7. The highest BCUT2D eigenvalue weighted by molar-refractivity contribution is 9.10. The highest BCUT2D eigenvalue weighted by Crippen LogP contribution is 2.27. The van der Waals surface area contributed by atoms with E-state index in [-0.39, 0.29) is 24.1 Å². The predicted molar refractivity (Wildman–Crippen MR) is 104 cm³/mol. The topological polar surface area (TPSA) is 78.5 Å². The van der Waals surface area contributed by atoms with E-state index in [1.807, 2.05) is 18.2 Å². The Morgan fingerprint density at radius 2 is 1.81 bits per heavy atom. The van der Waals surface area contributed by atoms with Gasteiger partial charge in [0, 0.05) is 41.4 Å². The Hall–Kier alpha value is -2.67. The smallest absolute Gasteiger partial charge is 0.229 e. The van der Waals surface area contributed by atoms with E-state index >= 15 is 0 Å². The van der Waals surface area contributed by atoms with Gasteiger partial charge in [-0.3, -0.25) is 14.4 Å². The minimum absolute atomic E-state index is 0.0910. The Balaban J connectivity index is 1.66. The molecule has 0 saturated carbocycles. The summed E-state index contributed by atoms with van der Waals surface area (Å²) in [6.45, 7) is 1.77. The van der Waals surface area contributed by atoms with Gasteiger partial charge < -0.3 is 15.5 Å². The number of benzene rings is 2. The van der Waals surface area contributed by atoms with E-state index < -0.39 is 5.92 Å². The predicted octanol–water partition coefficient (Wildman–Crippen LogP) is 3.40. The highest BCUT2D eigenvalue weighted by Gasteiger charge is 2.35. The normalized spacial score (nSPS) is 16.5. The summed E-state index contributed by atoms with van der Waals surface area (Å²) in [4.78, 5) is 37.5. The third kappa shape index (κ3) is 4.29. The van der Waals surface area contributed by atoms with Gasteiger partial charge in [-0.15, -0.1) is 0 Å². The van der Waals surface area contributed by atoms with Crippen molar-refractivity contribution < 1.29 is 14.4 Å². The van der Waals surface area contributed by atoms with Crippen molar-refractivity contribution in [3.8, 4) is 0 Å². The lowest BCUT2D eigenvalue weighted by atomic mass is 10.1. The first-order valence-corrected chi connectivity index (χ1v) is 8.96. The summed E-state index contributed by atoms with van der Waals surface area (Å²) in [5.41, 5.74) is 2.06. The molecule has 0 spiro atoms. The number of carbonyl (C=O) groups is 3. The van der Waals surface area contributed by atoms with Crippen molar-refractivity contribution in [3.05, 3.63) is 53.0 Å². The maximum absolute atomic E-state index is 12.5. The van der Waals surface area contributed by atoms with Gasteiger partial charge in [-0.05, 0) is 42.5 Å². The standard InChI is InChI=1S/C19H18BrN3O3/c1-12(24)21-15-5-7-17(8-6-15)23-11-13(9-18(23)25)19(26)22-16-4-2-3-14(20)10-16/h2-8,10,13H,9,11H2,1H3,(H,21,24)(H,22,26). The molecule has 1 saturated heterocycles. The molecule has 1 atom stereocenters. The summed E-state index contributed by atoms with van der Waals surface area (Å²) in [6.07, 6.45) is 0.174. The average molecular weight is 416 g/mol. The number of nitrogens with one attached hydrogen (secondary N) is 2. The molecule has 6 nitrogen and oxygen atoms in total. The van der Waals surface area contributed by atoms with Gasteiger partial charge in [0.2, 0.25) is 17.7 Å². The van der Waals surface area contributed by atoms with Crippen LogP contribution in [-0.4, -0.2) is 24.3 Å². The van der Waals surface area contributed by atoms with Crippen molar-refractivity contribution in [2.45, 2.75) is 13.3 Å². The van der Waals surface area contributed by atoms with Crippen LogP contribution in [0.25, 0.3) is 0 Å². The monoisotopic (exact) mass is 415 g/mol. The summed E-state index contributed by atoms with van der Waals surface area (Å²) in [5.74, 6) is -0.823. The molecule has 3 rings (SSSR count). The van der Waals surface area contributed by atoms with Gasteiger partial charge in [0.1, 0.15) is 0 Å². The lowest BCUT2D eigenvalue weighted by molar-refractivity contribution is -0.122. The fourth-order valence-electron chi connectivity index (χ4n) is 2.87. The summed E-state index contributed by atoms with van der Waals surface area (Å²) in [5, 5.41) is 5.53. The zero-order valence-corrected chi connectivity index (χ0v) is 15.7. The van der Waals surface area contributed by atoms with Crippen molar-refractivity contribution >= 4 is 50.7 Å². The lowest BCUT2D eigenvalue weighted by Gasteiger charge is -2.17. The Morgan fingerprint density at radius 3 is 2.46 bits per heavy atom. The first kappa shape index (κ1) is 18.1. The number of anilines is 3. The molecule has 1 aliphatic rings. The second-order valence-corrected chi connectivity index (χ2v) is 7.05. The molecule has 1 heterocycles. The van der Waals surface area contributed by atoms with Crippen LogP contribution in [0.1, 0.15) is 13.3 Å². The summed E-state index contributed by atoms with van der Waals surface area (Å²) in [6, 6.07) is 14.3. The number of carbonyl (C=O) groups excluding carboxylic acids is 3. The zero-order valence-electron chi connectivity index (χ0n) is 14.2. The van der Waals surface area contributed by atoms with Gasteiger partial charge in [-0.25, -0.2) is 0 Å². The van der Waals surface area contributed by atoms with E-state index in [9.17, 15) is 14.4 Å². The highest BCUT2D eigenvalue weighted by atomic mass is 79.9. The number of hydrogen-bond acceptors (Lipinski definition) is 3. The van der Waals surface area contributed by atoms with Crippen LogP contribution >= 0.6 is 15.9 Å². The van der Waals surface area contributed by atoms with E-state index in [1.165, 1.54) is 6.92 Å². The minimum atomic E-state index is -0.406. The molecule has 2 aromatic carbocycles. The molecule has 0 radical (unpaired) electrons. The number of rotatable bonds is 4. The van der Waals surface area contributed by atoms with Crippen molar-refractivity contribution in [2.75, 3.05) is 22.1 Å². The molecule has 26 heavy (non-hydrogen) atoms. The molecule has 0 aliphatic carbocycles. The molecule has 2 N–H and O–H groups in total. The second-order valence-electron chi connectivity index (χ2n) is 6.13. The molecule has 3 amide bonds. The van der Waals surface area contributed by atoms with Crippen molar-refractivity contribution in [3.63, 3.8) is 0 Å². The summed E-state index contributed by atoms with van der Waals surface area (Å²) < 4.78 is 0.874. The van der Waals surface area contributed by atoms with Crippen LogP contribution in [0.15, 0.2) is 53.0 Å². The molecule has 1 fully saturated rings.